The number of halogens is 2. The summed E-state index contributed by atoms with van der Waals surface area (Å²) in [5.74, 6) is -0.197. The van der Waals surface area contributed by atoms with Crippen LogP contribution < -0.4 is 5.32 Å². The van der Waals surface area contributed by atoms with E-state index in [0.717, 1.165) is 35.5 Å². The van der Waals surface area contributed by atoms with Crippen LogP contribution in [0.3, 0.4) is 0 Å². The molecule has 0 bridgehead atoms. The second-order valence-corrected chi connectivity index (χ2v) is 5.33. The van der Waals surface area contributed by atoms with Crippen molar-refractivity contribution in [1.29, 1.82) is 0 Å². The average Bonchev–Trinajstić information content (AvgIpc) is 2.43. The Morgan fingerprint density at radius 2 is 1.95 bits per heavy atom. The molecule has 2 aromatic rings. The zero-order valence-corrected chi connectivity index (χ0v) is 12.3. The summed E-state index contributed by atoms with van der Waals surface area (Å²) in [6.07, 6.45) is 1.84. The highest BCUT2D eigenvalue weighted by atomic mass is 35.5. The molecule has 0 saturated heterocycles. The Balaban J connectivity index is 2.19. The first-order chi connectivity index (χ1) is 9.69. The van der Waals surface area contributed by atoms with Crippen LogP contribution in [-0.2, 0) is 6.42 Å². The zero-order chi connectivity index (χ0) is 14.4. The van der Waals surface area contributed by atoms with Crippen LogP contribution in [0, 0.1) is 5.82 Å². The topological polar surface area (TPSA) is 12.0 Å². The fourth-order valence-electron chi connectivity index (χ4n) is 2.25. The summed E-state index contributed by atoms with van der Waals surface area (Å²) < 4.78 is 13.4. The van der Waals surface area contributed by atoms with Crippen LogP contribution in [0.2, 0.25) is 5.02 Å². The van der Waals surface area contributed by atoms with E-state index in [0.29, 0.717) is 0 Å². The van der Waals surface area contributed by atoms with Crippen LogP contribution in [0.4, 0.5) is 4.39 Å². The molecule has 0 spiro atoms. The first kappa shape index (κ1) is 15.0. The van der Waals surface area contributed by atoms with Gasteiger partial charge in [-0.15, -0.1) is 0 Å². The predicted molar refractivity (Wildman–Crippen MR) is 82.6 cm³/mol. The number of benzene rings is 2. The van der Waals surface area contributed by atoms with Crippen LogP contribution in [0.5, 0.6) is 0 Å². The van der Waals surface area contributed by atoms with Gasteiger partial charge in [0.25, 0.3) is 0 Å². The number of nitrogens with one attached hydrogen (secondary N) is 1. The second kappa shape index (κ2) is 7.41. The van der Waals surface area contributed by atoms with E-state index in [2.05, 4.69) is 12.2 Å². The number of rotatable bonds is 6. The minimum Gasteiger partial charge on any atom is -0.310 e. The molecule has 1 N–H and O–H groups in total. The van der Waals surface area contributed by atoms with Crippen LogP contribution >= 0.6 is 11.6 Å². The fourth-order valence-corrected chi connectivity index (χ4v) is 2.46. The first-order valence-corrected chi connectivity index (χ1v) is 7.30. The molecule has 0 saturated carbocycles. The van der Waals surface area contributed by atoms with Crippen molar-refractivity contribution in [2.45, 2.75) is 25.8 Å². The smallest absolute Gasteiger partial charge is 0.123 e. The molecule has 0 aliphatic carbocycles. The molecule has 106 valence electrons. The quantitative estimate of drug-likeness (QED) is 0.809. The Morgan fingerprint density at radius 3 is 2.65 bits per heavy atom. The summed E-state index contributed by atoms with van der Waals surface area (Å²) in [6.45, 7) is 3.02. The molecule has 0 fully saturated rings. The Bertz CT molecular complexity index is 556. The van der Waals surface area contributed by atoms with Gasteiger partial charge in [-0.25, -0.2) is 4.39 Å². The highest BCUT2D eigenvalue weighted by Gasteiger charge is 2.12. The Hall–Kier alpha value is -1.38. The van der Waals surface area contributed by atoms with E-state index in [1.807, 2.05) is 30.3 Å². The summed E-state index contributed by atoms with van der Waals surface area (Å²) in [4.78, 5) is 0. The third-order valence-electron chi connectivity index (χ3n) is 3.22. The second-order valence-electron chi connectivity index (χ2n) is 4.90. The molecular formula is C17H19ClFN. The molecule has 0 aromatic heterocycles. The normalized spacial score (nSPS) is 12.3. The van der Waals surface area contributed by atoms with Crippen molar-refractivity contribution in [2.75, 3.05) is 6.54 Å². The monoisotopic (exact) mass is 291 g/mol. The van der Waals surface area contributed by atoms with Crippen molar-refractivity contribution in [3.8, 4) is 0 Å². The lowest BCUT2D eigenvalue weighted by molar-refractivity contribution is 0.524. The van der Waals surface area contributed by atoms with Gasteiger partial charge in [-0.05, 0) is 54.8 Å². The van der Waals surface area contributed by atoms with Crippen molar-refractivity contribution < 1.29 is 4.39 Å². The van der Waals surface area contributed by atoms with Gasteiger partial charge in [0.15, 0.2) is 0 Å². The molecular weight excluding hydrogens is 273 g/mol. The van der Waals surface area contributed by atoms with Crippen molar-refractivity contribution in [3.05, 3.63) is 70.5 Å². The predicted octanol–water partition coefficient (Wildman–Crippen LogP) is 4.76. The van der Waals surface area contributed by atoms with Crippen LogP contribution in [0.1, 0.15) is 30.5 Å². The molecule has 20 heavy (non-hydrogen) atoms. The van der Waals surface area contributed by atoms with Crippen LogP contribution in [-0.4, -0.2) is 6.54 Å². The molecule has 0 amide bonds. The van der Waals surface area contributed by atoms with Gasteiger partial charge < -0.3 is 5.32 Å². The Labute approximate surface area is 124 Å². The minimum atomic E-state index is -0.197. The van der Waals surface area contributed by atoms with E-state index in [1.165, 1.54) is 6.07 Å². The van der Waals surface area contributed by atoms with Gasteiger partial charge in [-0.2, -0.15) is 0 Å². The van der Waals surface area contributed by atoms with E-state index in [1.54, 1.807) is 12.1 Å². The molecule has 0 radical (unpaired) electrons. The number of hydrogen-bond acceptors (Lipinski definition) is 1. The Kier molecular flexibility index (Phi) is 5.57. The van der Waals surface area contributed by atoms with Crippen LogP contribution in [0.25, 0.3) is 0 Å². The first-order valence-electron chi connectivity index (χ1n) is 6.92. The average molecular weight is 292 g/mol. The van der Waals surface area contributed by atoms with Gasteiger partial charge in [0.05, 0.1) is 0 Å². The van der Waals surface area contributed by atoms with Gasteiger partial charge in [0, 0.05) is 11.1 Å². The lowest BCUT2D eigenvalue weighted by Gasteiger charge is -2.19. The van der Waals surface area contributed by atoms with Gasteiger partial charge >= 0.3 is 0 Å². The minimum absolute atomic E-state index is 0.101. The maximum atomic E-state index is 13.4. The molecule has 1 nitrogen and oxygen atoms in total. The molecule has 2 rings (SSSR count). The van der Waals surface area contributed by atoms with E-state index < -0.39 is 0 Å². The molecule has 2 aromatic carbocycles. The SMILES string of the molecule is CCCNC(Cc1cccc(Cl)c1)c1cccc(F)c1. The van der Waals surface area contributed by atoms with Crippen molar-refractivity contribution in [3.63, 3.8) is 0 Å². The molecule has 3 heteroatoms. The summed E-state index contributed by atoms with van der Waals surface area (Å²) in [7, 11) is 0. The maximum Gasteiger partial charge on any atom is 0.123 e. The van der Waals surface area contributed by atoms with Crippen molar-refractivity contribution >= 4 is 11.6 Å². The number of hydrogen-bond donors (Lipinski definition) is 1. The van der Waals surface area contributed by atoms with Gasteiger partial charge in [-0.3, -0.25) is 0 Å². The zero-order valence-electron chi connectivity index (χ0n) is 11.6. The van der Waals surface area contributed by atoms with Gasteiger partial charge in [0.2, 0.25) is 0 Å². The Morgan fingerprint density at radius 1 is 1.15 bits per heavy atom. The van der Waals surface area contributed by atoms with E-state index in [9.17, 15) is 4.39 Å². The molecule has 0 aliphatic rings. The highest BCUT2D eigenvalue weighted by molar-refractivity contribution is 6.30. The summed E-state index contributed by atoms with van der Waals surface area (Å²) >= 11 is 6.02. The third-order valence-corrected chi connectivity index (χ3v) is 3.46. The lowest BCUT2D eigenvalue weighted by Crippen LogP contribution is -2.24. The third kappa shape index (κ3) is 4.32. The van der Waals surface area contributed by atoms with Crippen LogP contribution in [0.15, 0.2) is 48.5 Å². The van der Waals surface area contributed by atoms with Gasteiger partial charge in [0.1, 0.15) is 5.82 Å². The highest BCUT2D eigenvalue weighted by Crippen LogP contribution is 2.21. The molecule has 1 atom stereocenters. The standard InChI is InChI=1S/C17H19ClFN/c1-2-9-20-17(14-6-4-8-16(19)12-14)11-13-5-3-7-15(18)10-13/h3-8,10,12,17,20H,2,9,11H2,1H3. The maximum absolute atomic E-state index is 13.4. The van der Waals surface area contributed by atoms with E-state index in [-0.39, 0.29) is 11.9 Å². The lowest BCUT2D eigenvalue weighted by atomic mass is 9.98. The van der Waals surface area contributed by atoms with Crippen molar-refractivity contribution in [1.82, 2.24) is 5.32 Å². The molecule has 0 heterocycles. The fraction of sp³-hybridized carbons (Fsp3) is 0.294. The molecule has 1 unspecified atom stereocenters. The van der Waals surface area contributed by atoms with E-state index in [4.69, 9.17) is 11.6 Å². The summed E-state index contributed by atoms with van der Waals surface area (Å²) in [5, 5.41) is 4.20. The van der Waals surface area contributed by atoms with E-state index >= 15 is 0 Å². The summed E-state index contributed by atoms with van der Waals surface area (Å²) in [5.41, 5.74) is 2.12. The largest absolute Gasteiger partial charge is 0.310 e. The van der Waals surface area contributed by atoms with Crippen molar-refractivity contribution in [2.24, 2.45) is 0 Å². The summed E-state index contributed by atoms with van der Waals surface area (Å²) in [6, 6.07) is 14.7. The molecule has 0 aliphatic heterocycles. The van der Waals surface area contributed by atoms with Gasteiger partial charge in [-0.1, -0.05) is 42.8 Å².